The molecule has 0 atom stereocenters. The van der Waals surface area contributed by atoms with Crippen LogP contribution in [0.2, 0.25) is 0 Å². The fraction of sp³-hybridized carbons (Fsp3) is 0.333. The van der Waals surface area contributed by atoms with Gasteiger partial charge < -0.3 is 9.84 Å². The molecule has 0 amide bonds. The Hall–Kier alpha value is -1.32. The summed E-state index contributed by atoms with van der Waals surface area (Å²) < 4.78 is 5.78. The average molecular weight is 262 g/mol. The first-order valence-electron chi connectivity index (χ1n) is 6.13. The van der Waals surface area contributed by atoms with Crippen molar-refractivity contribution in [2.24, 2.45) is 0 Å². The minimum Gasteiger partial charge on any atom is -0.488 e. The minimum absolute atomic E-state index is 0.0155. The first-order chi connectivity index (χ1) is 8.72. The molecule has 2 aromatic rings. The predicted octanol–water partition coefficient (Wildman–Crippen LogP) is 3.69. The van der Waals surface area contributed by atoms with Crippen molar-refractivity contribution in [2.75, 3.05) is 0 Å². The predicted molar refractivity (Wildman–Crippen MR) is 75.1 cm³/mol. The molecule has 1 N–H and O–H groups in total. The van der Waals surface area contributed by atoms with Gasteiger partial charge in [-0.25, -0.2) is 0 Å². The number of ether oxygens (including phenoxy) is 1. The molecule has 0 saturated carbocycles. The Morgan fingerprint density at radius 2 is 1.94 bits per heavy atom. The summed E-state index contributed by atoms with van der Waals surface area (Å²) in [4.78, 5) is 2.59. The van der Waals surface area contributed by atoms with Crippen LogP contribution in [0.5, 0.6) is 5.75 Å². The first-order valence-corrected chi connectivity index (χ1v) is 6.95. The maximum absolute atomic E-state index is 9.30. The van der Waals surface area contributed by atoms with E-state index in [-0.39, 0.29) is 6.61 Å². The van der Waals surface area contributed by atoms with Crippen molar-refractivity contribution in [3.8, 4) is 5.75 Å². The summed E-state index contributed by atoms with van der Waals surface area (Å²) in [7, 11) is 0. The Kier molecular flexibility index (Phi) is 4.39. The maximum Gasteiger partial charge on any atom is 0.125 e. The Morgan fingerprint density at radius 1 is 1.17 bits per heavy atom. The highest BCUT2D eigenvalue weighted by Crippen LogP contribution is 2.23. The molecule has 2 nitrogen and oxygen atoms in total. The van der Waals surface area contributed by atoms with Crippen LogP contribution in [0.3, 0.4) is 0 Å². The van der Waals surface area contributed by atoms with Gasteiger partial charge in [0, 0.05) is 15.3 Å². The van der Waals surface area contributed by atoms with E-state index < -0.39 is 0 Å². The van der Waals surface area contributed by atoms with Gasteiger partial charge in [-0.05, 0) is 31.5 Å². The maximum atomic E-state index is 9.30. The second-order valence-corrected chi connectivity index (χ2v) is 5.53. The molecule has 0 unspecified atom stereocenters. The van der Waals surface area contributed by atoms with Gasteiger partial charge in [0.25, 0.3) is 0 Å². The number of aliphatic hydroxyl groups excluding tert-OH is 1. The molecule has 0 aliphatic heterocycles. The van der Waals surface area contributed by atoms with Crippen molar-refractivity contribution in [3.05, 3.63) is 51.2 Å². The molecule has 0 saturated heterocycles. The highest BCUT2D eigenvalue weighted by atomic mass is 32.1. The van der Waals surface area contributed by atoms with E-state index in [0.717, 1.165) is 23.3 Å². The quantitative estimate of drug-likeness (QED) is 0.890. The highest BCUT2D eigenvalue weighted by Gasteiger charge is 2.05. The van der Waals surface area contributed by atoms with Crippen LogP contribution in [0.15, 0.2) is 30.3 Å². The molecule has 96 valence electrons. The molecule has 0 fully saturated rings. The molecular weight excluding hydrogens is 244 g/mol. The van der Waals surface area contributed by atoms with Gasteiger partial charge in [0.2, 0.25) is 0 Å². The standard InChI is InChI=1S/C15H18O2S/c1-3-13-5-6-14(18-13)10-17-15-7-4-11(2)8-12(15)9-16/h4-8,16H,3,9-10H2,1-2H3. The Labute approximate surface area is 112 Å². The molecule has 0 bridgehead atoms. The summed E-state index contributed by atoms with van der Waals surface area (Å²) >= 11 is 1.78. The summed E-state index contributed by atoms with van der Waals surface area (Å²) in [5, 5.41) is 9.30. The van der Waals surface area contributed by atoms with E-state index >= 15 is 0 Å². The smallest absolute Gasteiger partial charge is 0.125 e. The Bertz CT molecular complexity index is 517. The van der Waals surface area contributed by atoms with Crippen molar-refractivity contribution in [2.45, 2.75) is 33.5 Å². The molecule has 0 aliphatic carbocycles. The van der Waals surface area contributed by atoms with Crippen molar-refractivity contribution in [1.29, 1.82) is 0 Å². The summed E-state index contributed by atoms with van der Waals surface area (Å²) in [6, 6.07) is 10.1. The van der Waals surface area contributed by atoms with E-state index in [4.69, 9.17) is 4.74 Å². The van der Waals surface area contributed by atoms with E-state index in [0.29, 0.717) is 6.61 Å². The Morgan fingerprint density at radius 3 is 2.61 bits per heavy atom. The average Bonchev–Trinajstić information content (AvgIpc) is 2.85. The second-order valence-electron chi connectivity index (χ2n) is 4.28. The lowest BCUT2D eigenvalue weighted by Gasteiger charge is -2.09. The lowest BCUT2D eigenvalue weighted by molar-refractivity contribution is 0.260. The third-order valence-electron chi connectivity index (χ3n) is 2.82. The fourth-order valence-corrected chi connectivity index (χ4v) is 2.68. The summed E-state index contributed by atoms with van der Waals surface area (Å²) in [6.45, 7) is 4.75. The van der Waals surface area contributed by atoms with Gasteiger partial charge in [-0.3, -0.25) is 0 Å². The number of hydrogen-bond donors (Lipinski definition) is 1. The SMILES string of the molecule is CCc1ccc(COc2ccc(C)cc2CO)s1. The van der Waals surface area contributed by atoms with E-state index in [1.165, 1.54) is 9.75 Å². The van der Waals surface area contributed by atoms with Crippen LogP contribution < -0.4 is 4.74 Å². The van der Waals surface area contributed by atoms with Crippen LogP contribution in [0.1, 0.15) is 27.8 Å². The van der Waals surface area contributed by atoms with Crippen molar-refractivity contribution in [1.82, 2.24) is 0 Å². The zero-order chi connectivity index (χ0) is 13.0. The molecule has 0 aliphatic rings. The van der Waals surface area contributed by atoms with E-state index in [1.807, 2.05) is 25.1 Å². The third kappa shape index (κ3) is 3.12. The van der Waals surface area contributed by atoms with E-state index in [1.54, 1.807) is 11.3 Å². The summed E-state index contributed by atoms with van der Waals surface area (Å²) in [6.07, 6.45) is 1.07. The number of rotatable bonds is 5. The number of aliphatic hydroxyl groups is 1. The van der Waals surface area contributed by atoms with Gasteiger partial charge in [0.15, 0.2) is 0 Å². The van der Waals surface area contributed by atoms with Gasteiger partial charge in [0.1, 0.15) is 12.4 Å². The number of aryl methyl sites for hydroxylation is 2. The zero-order valence-corrected chi connectivity index (χ0v) is 11.6. The van der Waals surface area contributed by atoms with Crippen molar-refractivity contribution >= 4 is 11.3 Å². The molecular formula is C15H18O2S. The van der Waals surface area contributed by atoms with Crippen LogP contribution in [-0.2, 0) is 19.6 Å². The third-order valence-corrected chi connectivity index (χ3v) is 4.03. The first kappa shape index (κ1) is 13.1. The lowest BCUT2D eigenvalue weighted by atomic mass is 10.1. The fourth-order valence-electron chi connectivity index (χ4n) is 1.81. The van der Waals surface area contributed by atoms with Gasteiger partial charge >= 0.3 is 0 Å². The molecule has 0 spiro atoms. The topological polar surface area (TPSA) is 29.5 Å². The zero-order valence-electron chi connectivity index (χ0n) is 10.8. The van der Waals surface area contributed by atoms with Crippen LogP contribution in [0.25, 0.3) is 0 Å². The molecule has 0 radical (unpaired) electrons. The molecule has 3 heteroatoms. The molecule has 2 rings (SSSR count). The van der Waals surface area contributed by atoms with Gasteiger partial charge in [-0.2, -0.15) is 0 Å². The largest absolute Gasteiger partial charge is 0.488 e. The number of hydrogen-bond acceptors (Lipinski definition) is 3. The molecule has 1 aromatic carbocycles. The van der Waals surface area contributed by atoms with E-state index in [2.05, 4.69) is 19.1 Å². The Balaban J connectivity index is 2.05. The molecule has 1 heterocycles. The van der Waals surface area contributed by atoms with Crippen LogP contribution in [-0.4, -0.2) is 5.11 Å². The van der Waals surface area contributed by atoms with Crippen LogP contribution in [0.4, 0.5) is 0 Å². The van der Waals surface area contributed by atoms with Crippen molar-refractivity contribution in [3.63, 3.8) is 0 Å². The summed E-state index contributed by atoms with van der Waals surface area (Å²) in [5.74, 6) is 0.773. The second kappa shape index (κ2) is 6.03. The van der Waals surface area contributed by atoms with Gasteiger partial charge in [-0.15, -0.1) is 11.3 Å². The van der Waals surface area contributed by atoms with Gasteiger partial charge in [0.05, 0.1) is 6.61 Å². The number of thiophene rings is 1. The minimum atomic E-state index is 0.0155. The highest BCUT2D eigenvalue weighted by molar-refractivity contribution is 7.11. The number of benzene rings is 1. The monoisotopic (exact) mass is 262 g/mol. The van der Waals surface area contributed by atoms with Crippen LogP contribution in [0, 0.1) is 6.92 Å². The lowest BCUT2D eigenvalue weighted by Crippen LogP contribution is -1.97. The van der Waals surface area contributed by atoms with E-state index in [9.17, 15) is 5.11 Å². The van der Waals surface area contributed by atoms with Crippen LogP contribution >= 0.6 is 11.3 Å². The normalized spacial score (nSPS) is 10.6. The summed E-state index contributed by atoms with van der Waals surface area (Å²) in [5.41, 5.74) is 1.98. The molecule has 1 aromatic heterocycles. The molecule has 18 heavy (non-hydrogen) atoms. The van der Waals surface area contributed by atoms with Crippen molar-refractivity contribution < 1.29 is 9.84 Å². The van der Waals surface area contributed by atoms with Gasteiger partial charge in [-0.1, -0.05) is 24.6 Å².